The highest BCUT2D eigenvalue weighted by molar-refractivity contribution is 5.98. The summed E-state index contributed by atoms with van der Waals surface area (Å²) in [4.78, 5) is 27.1. The lowest BCUT2D eigenvalue weighted by Crippen LogP contribution is -2.40. The van der Waals surface area contributed by atoms with E-state index in [0.29, 0.717) is 17.0 Å². The van der Waals surface area contributed by atoms with Crippen LogP contribution in [0.5, 0.6) is 0 Å². The number of aryl methyl sites for hydroxylation is 1. The van der Waals surface area contributed by atoms with Gasteiger partial charge in [0.1, 0.15) is 5.56 Å². The molecule has 0 bridgehead atoms. The Labute approximate surface area is 170 Å². The van der Waals surface area contributed by atoms with Crippen LogP contribution >= 0.6 is 0 Å². The molecule has 0 fully saturated rings. The zero-order chi connectivity index (χ0) is 21.0. The highest BCUT2D eigenvalue weighted by Gasteiger charge is 2.24. The van der Waals surface area contributed by atoms with Gasteiger partial charge in [0.15, 0.2) is 6.61 Å². The van der Waals surface area contributed by atoms with Crippen LogP contribution < -0.4 is 4.90 Å². The fourth-order valence-electron chi connectivity index (χ4n) is 3.35. The van der Waals surface area contributed by atoms with Crippen molar-refractivity contribution in [3.63, 3.8) is 0 Å². The van der Waals surface area contributed by atoms with E-state index in [-0.39, 0.29) is 18.6 Å². The monoisotopic (exact) mass is 391 g/mol. The lowest BCUT2D eigenvalue weighted by molar-refractivity contribution is -0.122. The second-order valence-electron chi connectivity index (χ2n) is 7.06. The Hall–Kier alpha value is -3.41. The van der Waals surface area contributed by atoms with Crippen molar-refractivity contribution < 1.29 is 14.3 Å². The number of esters is 1. The summed E-state index contributed by atoms with van der Waals surface area (Å²) in [7, 11) is 0. The molecule has 3 rings (SSSR count). The molecule has 3 aromatic rings. The van der Waals surface area contributed by atoms with Crippen LogP contribution in [0.2, 0.25) is 0 Å². The number of carbonyl (C=O) groups is 2. The molecule has 150 valence electrons. The lowest BCUT2D eigenvalue weighted by Gasteiger charge is -2.26. The van der Waals surface area contributed by atoms with Crippen LogP contribution in [0.1, 0.15) is 35.6 Å². The maximum Gasteiger partial charge on any atom is 0.342 e. The molecule has 0 unspecified atom stereocenters. The number of hydrogen-bond acceptors (Lipinski definition) is 4. The van der Waals surface area contributed by atoms with Crippen molar-refractivity contribution in [1.29, 1.82) is 0 Å². The number of anilines is 1. The minimum Gasteiger partial charge on any atom is -0.452 e. The van der Waals surface area contributed by atoms with Gasteiger partial charge >= 0.3 is 5.97 Å². The van der Waals surface area contributed by atoms with E-state index in [9.17, 15) is 9.59 Å². The minimum atomic E-state index is -0.549. The SMILES string of the molecule is Cc1nn(-c2ccccc2)c(C)c1C(=O)OCC(=O)N(c1ccccc1)C(C)C. The van der Waals surface area contributed by atoms with Crippen LogP contribution in [0.3, 0.4) is 0 Å². The Morgan fingerprint density at radius 3 is 2.17 bits per heavy atom. The number of ether oxygens (including phenoxy) is 1. The van der Waals surface area contributed by atoms with Gasteiger partial charge in [-0.25, -0.2) is 9.48 Å². The third kappa shape index (κ3) is 4.37. The van der Waals surface area contributed by atoms with Gasteiger partial charge in [-0.2, -0.15) is 5.10 Å². The van der Waals surface area contributed by atoms with Crippen molar-refractivity contribution in [2.45, 2.75) is 33.7 Å². The number of carbonyl (C=O) groups excluding carboxylic acids is 2. The molecule has 0 saturated carbocycles. The average molecular weight is 391 g/mol. The summed E-state index contributed by atoms with van der Waals surface area (Å²) in [6, 6.07) is 18.9. The normalized spacial score (nSPS) is 10.8. The van der Waals surface area contributed by atoms with E-state index in [0.717, 1.165) is 11.4 Å². The largest absolute Gasteiger partial charge is 0.452 e. The molecule has 0 aliphatic carbocycles. The highest BCUT2D eigenvalue weighted by Crippen LogP contribution is 2.20. The highest BCUT2D eigenvalue weighted by atomic mass is 16.5. The van der Waals surface area contributed by atoms with Gasteiger partial charge in [0.25, 0.3) is 5.91 Å². The van der Waals surface area contributed by atoms with Crippen molar-refractivity contribution in [3.8, 4) is 5.69 Å². The van der Waals surface area contributed by atoms with Gasteiger partial charge in [0, 0.05) is 11.7 Å². The number of rotatable bonds is 6. The number of hydrogen-bond donors (Lipinski definition) is 0. The van der Waals surface area contributed by atoms with Gasteiger partial charge in [-0.15, -0.1) is 0 Å². The second kappa shape index (κ2) is 8.73. The predicted octanol–water partition coefficient (Wildman–Crippen LogP) is 4.09. The lowest BCUT2D eigenvalue weighted by atomic mass is 10.2. The number of nitrogens with zero attached hydrogens (tertiary/aromatic N) is 3. The first-order valence-corrected chi connectivity index (χ1v) is 9.56. The fourth-order valence-corrected chi connectivity index (χ4v) is 3.35. The Morgan fingerprint density at radius 1 is 1.00 bits per heavy atom. The van der Waals surface area contributed by atoms with E-state index in [1.54, 1.807) is 16.5 Å². The van der Waals surface area contributed by atoms with E-state index in [2.05, 4.69) is 5.10 Å². The average Bonchev–Trinajstić information content (AvgIpc) is 3.01. The molecule has 2 aromatic carbocycles. The van der Waals surface area contributed by atoms with Crippen LogP contribution in [0, 0.1) is 13.8 Å². The number of aromatic nitrogens is 2. The van der Waals surface area contributed by atoms with E-state index < -0.39 is 5.97 Å². The van der Waals surface area contributed by atoms with Gasteiger partial charge in [-0.1, -0.05) is 36.4 Å². The summed E-state index contributed by atoms with van der Waals surface area (Å²) >= 11 is 0. The molecular weight excluding hydrogens is 366 g/mol. The molecular formula is C23H25N3O3. The maximum absolute atomic E-state index is 12.7. The fraction of sp³-hybridized carbons (Fsp3) is 0.261. The van der Waals surface area contributed by atoms with Crippen LogP contribution in [0.4, 0.5) is 5.69 Å². The molecule has 6 heteroatoms. The van der Waals surface area contributed by atoms with Crippen LogP contribution in [-0.2, 0) is 9.53 Å². The molecule has 0 saturated heterocycles. The summed E-state index contributed by atoms with van der Waals surface area (Å²) < 4.78 is 7.08. The Balaban J connectivity index is 1.76. The van der Waals surface area contributed by atoms with Crippen LogP contribution in [-0.4, -0.2) is 34.3 Å². The zero-order valence-electron chi connectivity index (χ0n) is 17.1. The summed E-state index contributed by atoms with van der Waals surface area (Å²) in [5, 5.41) is 4.46. The van der Waals surface area contributed by atoms with Crippen molar-refractivity contribution >= 4 is 17.6 Å². The van der Waals surface area contributed by atoms with Gasteiger partial charge < -0.3 is 9.64 Å². The minimum absolute atomic E-state index is 0.0621. The molecule has 1 amide bonds. The van der Waals surface area contributed by atoms with Crippen LogP contribution in [0.25, 0.3) is 5.69 Å². The van der Waals surface area contributed by atoms with Crippen molar-refractivity contribution in [3.05, 3.63) is 77.6 Å². The van der Waals surface area contributed by atoms with E-state index in [1.807, 2.05) is 81.4 Å². The van der Waals surface area contributed by atoms with Gasteiger partial charge in [0.05, 0.1) is 17.1 Å². The van der Waals surface area contributed by atoms with E-state index in [4.69, 9.17) is 4.74 Å². The molecule has 29 heavy (non-hydrogen) atoms. The van der Waals surface area contributed by atoms with Crippen molar-refractivity contribution in [2.24, 2.45) is 0 Å². The third-order valence-corrected chi connectivity index (χ3v) is 4.64. The van der Waals surface area contributed by atoms with Gasteiger partial charge in [0.2, 0.25) is 0 Å². The Kier molecular flexibility index (Phi) is 6.12. The molecule has 6 nitrogen and oxygen atoms in total. The first-order valence-electron chi connectivity index (χ1n) is 9.56. The van der Waals surface area contributed by atoms with E-state index >= 15 is 0 Å². The maximum atomic E-state index is 12.7. The smallest absolute Gasteiger partial charge is 0.342 e. The van der Waals surface area contributed by atoms with Gasteiger partial charge in [-0.05, 0) is 52.0 Å². The predicted molar refractivity (Wildman–Crippen MR) is 112 cm³/mol. The molecule has 0 atom stereocenters. The van der Waals surface area contributed by atoms with Gasteiger partial charge in [-0.3, -0.25) is 4.79 Å². The number of para-hydroxylation sites is 2. The van der Waals surface area contributed by atoms with E-state index in [1.165, 1.54) is 0 Å². The Bertz CT molecular complexity index is 995. The summed E-state index contributed by atoms with van der Waals surface area (Å²) in [6.07, 6.45) is 0. The number of benzene rings is 2. The third-order valence-electron chi connectivity index (χ3n) is 4.64. The molecule has 0 radical (unpaired) electrons. The molecule has 0 spiro atoms. The topological polar surface area (TPSA) is 64.4 Å². The summed E-state index contributed by atoms with van der Waals surface area (Å²) in [6.45, 7) is 7.09. The molecule has 1 heterocycles. The van der Waals surface area contributed by atoms with Crippen molar-refractivity contribution in [2.75, 3.05) is 11.5 Å². The molecule has 0 aliphatic heterocycles. The molecule has 1 aromatic heterocycles. The molecule has 0 N–H and O–H groups in total. The van der Waals surface area contributed by atoms with Crippen molar-refractivity contribution in [1.82, 2.24) is 9.78 Å². The molecule has 0 aliphatic rings. The quantitative estimate of drug-likeness (QED) is 0.594. The first-order chi connectivity index (χ1) is 13.9. The summed E-state index contributed by atoms with van der Waals surface area (Å²) in [5.74, 6) is -0.822. The first kappa shape index (κ1) is 20.3. The number of amides is 1. The van der Waals surface area contributed by atoms with Crippen LogP contribution in [0.15, 0.2) is 60.7 Å². The second-order valence-corrected chi connectivity index (χ2v) is 7.06. The zero-order valence-corrected chi connectivity index (χ0v) is 17.1. The Morgan fingerprint density at radius 2 is 1.59 bits per heavy atom. The standard InChI is InChI=1S/C23H25N3O3/c1-16(2)25(19-11-7-5-8-12-19)21(27)15-29-23(28)22-17(3)24-26(18(22)4)20-13-9-6-10-14-20/h5-14,16H,15H2,1-4H3. The summed E-state index contributed by atoms with van der Waals surface area (Å²) in [5.41, 5.74) is 3.26.